The molecule has 10 heteroatoms. The lowest BCUT2D eigenvalue weighted by atomic mass is 10.0. The van der Waals surface area contributed by atoms with Crippen molar-refractivity contribution in [2.75, 3.05) is 6.61 Å². The zero-order valence-corrected chi connectivity index (χ0v) is 22.5. The molecule has 3 aliphatic rings. The maximum Gasteiger partial charge on any atom is 0.408 e. The minimum Gasteiger partial charge on any atom is -0.455 e. The standard InChI is InChI=1S/C29H35NO9/c1-28(2)34-17-21(37-28)22-23(24-26(36-22)39-29(3,4)38-24)35-25(31)20(15-18-11-7-5-8-12-18)30-27(32)33-16-19-13-9-6-10-14-19/h5-14,20-24,26H,15-17H2,1-4H3,(H,30,32)/t20-,21+,22?,23?,24?,26?/m1/s1. The molecule has 2 aromatic rings. The smallest absolute Gasteiger partial charge is 0.408 e. The number of hydrogen-bond donors (Lipinski definition) is 1. The number of esters is 1. The maximum atomic E-state index is 13.6. The van der Waals surface area contributed by atoms with E-state index < -0.39 is 60.4 Å². The van der Waals surface area contributed by atoms with Gasteiger partial charge in [0.2, 0.25) is 0 Å². The van der Waals surface area contributed by atoms with Crippen molar-refractivity contribution in [2.24, 2.45) is 0 Å². The second-order valence-electron chi connectivity index (χ2n) is 10.8. The monoisotopic (exact) mass is 541 g/mol. The van der Waals surface area contributed by atoms with Crippen LogP contribution in [0.3, 0.4) is 0 Å². The summed E-state index contributed by atoms with van der Waals surface area (Å²) in [5, 5.41) is 2.68. The molecule has 4 unspecified atom stereocenters. The number of nitrogens with one attached hydrogen (secondary N) is 1. The molecular formula is C29H35NO9. The Hall–Kier alpha value is -3.02. The molecule has 5 rings (SSSR count). The molecule has 0 saturated carbocycles. The fourth-order valence-corrected chi connectivity index (χ4v) is 4.98. The third-order valence-corrected chi connectivity index (χ3v) is 6.75. The first kappa shape index (κ1) is 27.5. The summed E-state index contributed by atoms with van der Waals surface area (Å²) in [5.74, 6) is -2.37. The third kappa shape index (κ3) is 6.77. The number of ether oxygens (including phenoxy) is 7. The van der Waals surface area contributed by atoms with E-state index in [1.54, 1.807) is 27.7 Å². The van der Waals surface area contributed by atoms with Crippen LogP contribution in [0.2, 0.25) is 0 Å². The van der Waals surface area contributed by atoms with Gasteiger partial charge in [-0.3, -0.25) is 0 Å². The van der Waals surface area contributed by atoms with Crippen LogP contribution < -0.4 is 5.32 Å². The second kappa shape index (κ2) is 11.2. The van der Waals surface area contributed by atoms with E-state index in [4.69, 9.17) is 33.2 Å². The van der Waals surface area contributed by atoms with Gasteiger partial charge in [0.25, 0.3) is 0 Å². The molecule has 3 aliphatic heterocycles. The Kier molecular flexibility index (Phi) is 7.93. The largest absolute Gasteiger partial charge is 0.455 e. The summed E-state index contributed by atoms with van der Waals surface area (Å²) in [5.41, 5.74) is 1.67. The van der Waals surface area contributed by atoms with Crippen molar-refractivity contribution in [3.8, 4) is 0 Å². The number of alkyl carbamates (subject to hydrolysis) is 1. The fraction of sp³-hybridized carbons (Fsp3) is 0.517. The van der Waals surface area contributed by atoms with E-state index in [1.165, 1.54) is 0 Å². The van der Waals surface area contributed by atoms with Gasteiger partial charge in [-0.05, 0) is 38.8 Å². The summed E-state index contributed by atoms with van der Waals surface area (Å²) >= 11 is 0. The van der Waals surface area contributed by atoms with Crippen LogP contribution in [0, 0.1) is 0 Å². The Balaban J connectivity index is 1.31. The Morgan fingerprint density at radius 3 is 2.21 bits per heavy atom. The molecule has 3 saturated heterocycles. The van der Waals surface area contributed by atoms with Crippen molar-refractivity contribution < 1.29 is 42.7 Å². The molecule has 3 fully saturated rings. The van der Waals surface area contributed by atoms with Gasteiger partial charge in [0.1, 0.15) is 24.9 Å². The Morgan fingerprint density at radius 2 is 1.56 bits per heavy atom. The van der Waals surface area contributed by atoms with Gasteiger partial charge >= 0.3 is 12.1 Å². The van der Waals surface area contributed by atoms with Crippen LogP contribution in [-0.2, 0) is 51.0 Å². The zero-order valence-electron chi connectivity index (χ0n) is 22.5. The van der Waals surface area contributed by atoms with Gasteiger partial charge in [-0.2, -0.15) is 0 Å². The van der Waals surface area contributed by atoms with Crippen molar-refractivity contribution in [3.63, 3.8) is 0 Å². The lowest BCUT2D eigenvalue weighted by Crippen LogP contribution is -2.50. The predicted molar refractivity (Wildman–Crippen MR) is 137 cm³/mol. The number of hydrogen-bond acceptors (Lipinski definition) is 9. The highest BCUT2D eigenvalue weighted by Gasteiger charge is 2.60. The first-order valence-electron chi connectivity index (χ1n) is 13.1. The Bertz CT molecular complexity index is 1140. The number of benzene rings is 2. The molecule has 0 spiro atoms. The summed E-state index contributed by atoms with van der Waals surface area (Å²) in [4.78, 5) is 26.4. The first-order chi connectivity index (χ1) is 18.6. The Labute approximate surface area is 227 Å². The summed E-state index contributed by atoms with van der Waals surface area (Å²) in [6.45, 7) is 7.47. The minimum absolute atomic E-state index is 0.0666. The van der Waals surface area contributed by atoms with E-state index >= 15 is 0 Å². The molecule has 0 radical (unpaired) electrons. The highest BCUT2D eigenvalue weighted by Crippen LogP contribution is 2.42. The van der Waals surface area contributed by atoms with Crippen LogP contribution in [0.1, 0.15) is 38.8 Å². The number of carbonyl (C=O) groups is 2. The molecule has 1 N–H and O–H groups in total. The molecule has 210 valence electrons. The highest BCUT2D eigenvalue weighted by atomic mass is 16.8. The molecule has 0 aromatic heterocycles. The van der Waals surface area contributed by atoms with E-state index in [2.05, 4.69) is 5.32 Å². The Morgan fingerprint density at radius 1 is 0.897 bits per heavy atom. The van der Waals surface area contributed by atoms with Crippen LogP contribution in [0.25, 0.3) is 0 Å². The molecule has 6 atom stereocenters. The lowest BCUT2D eigenvalue weighted by molar-refractivity contribution is -0.235. The average molecular weight is 542 g/mol. The van der Waals surface area contributed by atoms with E-state index in [9.17, 15) is 9.59 Å². The third-order valence-electron chi connectivity index (χ3n) is 6.75. The number of fused-ring (bicyclic) bond motifs is 1. The summed E-state index contributed by atoms with van der Waals surface area (Å²) in [6.07, 6.45) is -4.00. The van der Waals surface area contributed by atoms with Gasteiger partial charge in [-0.1, -0.05) is 60.7 Å². The van der Waals surface area contributed by atoms with Crippen LogP contribution in [-0.4, -0.2) is 67.0 Å². The predicted octanol–water partition coefficient (Wildman–Crippen LogP) is 3.46. The van der Waals surface area contributed by atoms with E-state index in [-0.39, 0.29) is 19.6 Å². The summed E-state index contributed by atoms with van der Waals surface area (Å²) < 4.78 is 41.3. The first-order valence-corrected chi connectivity index (χ1v) is 13.1. The highest BCUT2D eigenvalue weighted by molar-refractivity contribution is 5.82. The molecule has 0 aliphatic carbocycles. The minimum atomic E-state index is -1.03. The van der Waals surface area contributed by atoms with Crippen molar-refractivity contribution >= 4 is 12.1 Å². The number of carbonyl (C=O) groups excluding carboxylic acids is 2. The van der Waals surface area contributed by atoms with Gasteiger partial charge in [0.05, 0.1) is 6.61 Å². The molecule has 3 heterocycles. The normalized spacial score (nSPS) is 29.4. The van der Waals surface area contributed by atoms with Crippen LogP contribution in [0.5, 0.6) is 0 Å². The van der Waals surface area contributed by atoms with Gasteiger partial charge in [0, 0.05) is 6.42 Å². The topological polar surface area (TPSA) is 111 Å². The molecule has 0 bridgehead atoms. The second-order valence-corrected chi connectivity index (χ2v) is 10.8. The van der Waals surface area contributed by atoms with E-state index in [0.29, 0.717) is 0 Å². The molecule has 10 nitrogen and oxygen atoms in total. The van der Waals surface area contributed by atoms with Gasteiger partial charge in [0.15, 0.2) is 30.1 Å². The molecule has 2 aromatic carbocycles. The SMILES string of the molecule is CC1(C)OC2OC([C@@H]3COC(C)(C)O3)C(OC(=O)[C@@H](Cc3ccccc3)NC(=O)OCc3ccccc3)C2O1. The summed E-state index contributed by atoms with van der Waals surface area (Å²) in [6, 6.07) is 17.6. The fourth-order valence-electron chi connectivity index (χ4n) is 4.98. The maximum absolute atomic E-state index is 13.6. The molecule has 1 amide bonds. The van der Waals surface area contributed by atoms with Crippen LogP contribution >= 0.6 is 0 Å². The van der Waals surface area contributed by atoms with Crippen molar-refractivity contribution in [1.29, 1.82) is 0 Å². The molecular weight excluding hydrogens is 506 g/mol. The van der Waals surface area contributed by atoms with Gasteiger partial charge < -0.3 is 38.5 Å². The van der Waals surface area contributed by atoms with E-state index in [0.717, 1.165) is 11.1 Å². The van der Waals surface area contributed by atoms with E-state index in [1.807, 2.05) is 60.7 Å². The van der Waals surface area contributed by atoms with Crippen LogP contribution in [0.4, 0.5) is 4.79 Å². The van der Waals surface area contributed by atoms with Crippen LogP contribution in [0.15, 0.2) is 60.7 Å². The lowest BCUT2D eigenvalue weighted by Gasteiger charge is -2.30. The average Bonchev–Trinajstić information content (AvgIpc) is 3.52. The van der Waals surface area contributed by atoms with Crippen molar-refractivity contribution in [3.05, 3.63) is 71.8 Å². The number of amides is 1. The molecule has 39 heavy (non-hydrogen) atoms. The zero-order chi connectivity index (χ0) is 27.6. The number of rotatable bonds is 8. The van der Waals surface area contributed by atoms with Gasteiger partial charge in [-0.25, -0.2) is 9.59 Å². The summed E-state index contributed by atoms with van der Waals surface area (Å²) in [7, 11) is 0. The van der Waals surface area contributed by atoms with Crippen molar-refractivity contribution in [2.45, 2.75) is 89.0 Å². The van der Waals surface area contributed by atoms with Crippen molar-refractivity contribution in [1.82, 2.24) is 5.32 Å². The van der Waals surface area contributed by atoms with Gasteiger partial charge in [-0.15, -0.1) is 0 Å². The quantitative estimate of drug-likeness (QED) is 0.502.